The number of benzene rings is 1. The molecule has 8 nitrogen and oxygen atoms in total. The van der Waals surface area contributed by atoms with Crippen LogP contribution in [-0.2, 0) is 0 Å². The molecule has 32 heavy (non-hydrogen) atoms. The van der Waals surface area contributed by atoms with Gasteiger partial charge in [0.15, 0.2) is 0 Å². The zero-order valence-corrected chi connectivity index (χ0v) is 18.9. The second-order valence-electron chi connectivity index (χ2n) is 9.08. The normalized spacial score (nSPS) is 24.5. The van der Waals surface area contributed by atoms with Gasteiger partial charge in [-0.1, -0.05) is 18.2 Å². The van der Waals surface area contributed by atoms with Gasteiger partial charge in [-0.25, -0.2) is 9.59 Å². The summed E-state index contributed by atoms with van der Waals surface area (Å²) in [5, 5.41) is 17.9. The Labute approximate surface area is 188 Å². The highest BCUT2D eigenvalue weighted by molar-refractivity contribution is 5.76. The lowest BCUT2D eigenvalue weighted by Gasteiger charge is -2.42. The van der Waals surface area contributed by atoms with Gasteiger partial charge < -0.3 is 30.3 Å². The number of carbonyl (C=O) groups is 2. The summed E-state index contributed by atoms with van der Waals surface area (Å²) >= 11 is 0. The van der Waals surface area contributed by atoms with Crippen LogP contribution in [0.15, 0.2) is 18.2 Å². The maximum Gasteiger partial charge on any atom is 0.317 e. The third-order valence-corrected chi connectivity index (χ3v) is 6.71. The molecule has 3 aliphatic rings. The molecule has 2 fully saturated rings. The summed E-state index contributed by atoms with van der Waals surface area (Å²) in [6, 6.07) is 5.95. The molecule has 0 spiro atoms. The van der Waals surface area contributed by atoms with Crippen molar-refractivity contribution in [3.8, 4) is 5.75 Å². The van der Waals surface area contributed by atoms with E-state index < -0.39 is 0 Å². The molecule has 3 atom stereocenters. The van der Waals surface area contributed by atoms with Crippen molar-refractivity contribution in [2.75, 3.05) is 40.4 Å². The zero-order valence-electron chi connectivity index (χ0n) is 18.9. The van der Waals surface area contributed by atoms with Crippen molar-refractivity contribution in [3.05, 3.63) is 28.6 Å². The van der Waals surface area contributed by atoms with Gasteiger partial charge in [0.05, 0.1) is 13.2 Å². The van der Waals surface area contributed by atoms with E-state index in [-0.39, 0.29) is 42.6 Å². The van der Waals surface area contributed by atoms with Gasteiger partial charge in [0.2, 0.25) is 0 Å². The van der Waals surface area contributed by atoms with E-state index in [1.54, 1.807) is 19.1 Å². The molecule has 174 valence electrons. The molecule has 0 bridgehead atoms. The lowest BCUT2D eigenvalue weighted by atomic mass is 9.94. The first-order valence-corrected chi connectivity index (χ1v) is 11.5. The molecule has 1 saturated carbocycles. The zero-order chi connectivity index (χ0) is 22.7. The highest BCUT2D eigenvalue weighted by Gasteiger charge is 2.41. The number of fused-ring (bicyclic) bond motifs is 1. The number of likely N-dealkylation sites (tertiary alicyclic amines) is 1. The highest BCUT2D eigenvalue weighted by Crippen LogP contribution is 2.32. The molecule has 3 N–H and O–H groups in total. The molecule has 8 heteroatoms. The fourth-order valence-electron chi connectivity index (χ4n) is 4.88. The first kappa shape index (κ1) is 22.5. The second kappa shape index (κ2) is 9.81. The summed E-state index contributed by atoms with van der Waals surface area (Å²) in [5.41, 5.74) is 0. The molecule has 4 amide bonds. The number of hydrogen-bond acceptors (Lipinski definition) is 4. The molecule has 1 aliphatic heterocycles. The van der Waals surface area contributed by atoms with Gasteiger partial charge in [0, 0.05) is 45.2 Å². The predicted molar refractivity (Wildman–Crippen MR) is 123 cm³/mol. The number of piperidine rings is 1. The van der Waals surface area contributed by atoms with Crippen molar-refractivity contribution in [1.29, 1.82) is 0 Å². The monoisotopic (exact) mass is 442 g/mol. The number of nitrogens with zero attached hydrogens (tertiary/aromatic N) is 2. The number of aliphatic hydroxyl groups is 1. The molecule has 0 radical (unpaired) electrons. The summed E-state index contributed by atoms with van der Waals surface area (Å²) in [5.74, 6) is 1.03. The highest BCUT2D eigenvalue weighted by atomic mass is 16.5. The summed E-state index contributed by atoms with van der Waals surface area (Å²) < 4.78 is 5.34. The minimum atomic E-state index is -0.161. The molecule has 2 aliphatic carbocycles. The van der Waals surface area contributed by atoms with Crippen molar-refractivity contribution in [1.82, 2.24) is 20.4 Å². The smallest absolute Gasteiger partial charge is 0.317 e. The van der Waals surface area contributed by atoms with Crippen molar-refractivity contribution >= 4 is 24.2 Å². The number of urea groups is 2. The predicted octanol–water partition coefficient (Wildman–Crippen LogP) is 0.472. The molecule has 1 aromatic rings. The van der Waals surface area contributed by atoms with E-state index in [4.69, 9.17) is 4.74 Å². The fourth-order valence-corrected chi connectivity index (χ4v) is 4.88. The van der Waals surface area contributed by atoms with Gasteiger partial charge in [-0.3, -0.25) is 0 Å². The Balaban J connectivity index is 1.42. The third-order valence-electron chi connectivity index (χ3n) is 6.71. The Morgan fingerprint density at radius 2 is 2.03 bits per heavy atom. The number of aliphatic hydroxyl groups excluding tert-OH is 1. The SMILES string of the molecule is CNC(=O)N1CC(N(C(=O)NCC2C=c3cc(OC)ccc3=CC2)C2CC2)C[C@H](CO)C1. The van der Waals surface area contributed by atoms with E-state index in [1.807, 2.05) is 17.0 Å². The van der Waals surface area contributed by atoms with Gasteiger partial charge >= 0.3 is 12.1 Å². The lowest BCUT2D eigenvalue weighted by molar-refractivity contribution is 0.0690. The van der Waals surface area contributed by atoms with Crippen LogP contribution in [0.2, 0.25) is 0 Å². The van der Waals surface area contributed by atoms with Crippen molar-refractivity contribution in [2.24, 2.45) is 11.8 Å². The third kappa shape index (κ3) is 5.01. The second-order valence-corrected chi connectivity index (χ2v) is 9.08. The maximum atomic E-state index is 13.2. The summed E-state index contributed by atoms with van der Waals surface area (Å²) in [4.78, 5) is 29.1. The van der Waals surface area contributed by atoms with Crippen LogP contribution < -0.4 is 25.8 Å². The van der Waals surface area contributed by atoms with Crippen LogP contribution in [0.4, 0.5) is 9.59 Å². The number of rotatable bonds is 6. The largest absolute Gasteiger partial charge is 0.497 e. The van der Waals surface area contributed by atoms with Crippen LogP contribution in [0.5, 0.6) is 5.75 Å². The quantitative estimate of drug-likeness (QED) is 0.597. The number of methoxy groups -OCH3 is 1. The van der Waals surface area contributed by atoms with Gasteiger partial charge in [0.25, 0.3) is 0 Å². The molecular weight excluding hydrogens is 408 g/mol. The summed E-state index contributed by atoms with van der Waals surface area (Å²) in [6.45, 7) is 1.59. The van der Waals surface area contributed by atoms with E-state index in [1.165, 1.54) is 5.22 Å². The minimum Gasteiger partial charge on any atom is -0.497 e. The molecule has 0 aromatic heterocycles. The molecule has 4 rings (SSSR count). The Kier molecular flexibility index (Phi) is 6.89. The first-order valence-electron chi connectivity index (χ1n) is 11.5. The van der Waals surface area contributed by atoms with Gasteiger partial charge in [-0.05, 0) is 54.2 Å². The van der Waals surface area contributed by atoms with Crippen molar-refractivity contribution < 1.29 is 19.4 Å². The molecule has 1 saturated heterocycles. The Morgan fingerprint density at radius 3 is 2.72 bits per heavy atom. The lowest BCUT2D eigenvalue weighted by Crippen LogP contribution is -2.58. The van der Waals surface area contributed by atoms with Crippen LogP contribution in [-0.4, -0.2) is 79.5 Å². The topological polar surface area (TPSA) is 94.1 Å². The van der Waals surface area contributed by atoms with Crippen LogP contribution in [0.3, 0.4) is 0 Å². The van der Waals surface area contributed by atoms with Crippen molar-refractivity contribution in [2.45, 2.75) is 37.8 Å². The van der Waals surface area contributed by atoms with Crippen LogP contribution >= 0.6 is 0 Å². The van der Waals surface area contributed by atoms with Crippen LogP contribution in [0.25, 0.3) is 12.2 Å². The maximum absolute atomic E-state index is 13.2. The van der Waals surface area contributed by atoms with E-state index in [0.29, 0.717) is 26.1 Å². The van der Waals surface area contributed by atoms with Gasteiger partial charge in [0.1, 0.15) is 5.75 Å². The van der Waals surface area contributed by atoms with Gasteiger partial charge in [-0.15, -0.1) is 0 Å². The van der Waals surface area contributed by atoms with E-state index >= 15 is 0 Å². The number of amides is 4. The number of ether oxygens (including phenoxy) is 1. The molecule has 1 aromatic carbocycles. The molecule has 1 heterocycles. The average Bonchev–Trinajstić information content (AvgIpc) is 3.66. The molecule has 2 unspecified atom stereocenters. The Bertz CT molecular complexity index is 961. The number of carbonyl (C=O) groups excluding carboxylic acids is 2. The first-order chi connectivity index (χ1) is 15.5. The van der Waals surface area contributed by atoms with E-state index in [9.17, 15) is 14.7 Å². The number of nitrogens with one attached hydrogen (secondary N) is 2. The van der Waals surface area contributed by atoms with Crippen LogP contribution in [0, 0.1) is 11.8 Å². The Morgan fingerprint density at radius 1 is 1.22 bits per heavy atom. The van der Waals surface area contributed by atoms with Crippen molar-refractivity contribution in [3.63, 3.8) is 0 Å². The van der Waals surface area contributed by atoms with Crippen LogP contribution in [0.1, 0.15) is 25.7 Å². The van der Waals surface area contributed by atoms with E-state index in [0.717, 1.165) is 30.2 Å². The fraction of sp³-hybridized carbons (Fsp3) is 0.583. The Hall–Kier alpha value is -2.74. The average molecular weight is 443 g/mol. The number of hydrogen-bond donors (Lipinski definition) is 3. The summed E-state index contributed by atoms with van der Waals surface area (Å²) in [6.07, 6.45) is 7.98. The van der Waals surface area contributed by atoms with E-state index in [2.05, 4.69) is 28.9 Å². The standard InChI is InChI=1S/C24H34N4O4/c1-25-23(30)27-13-17(15-29)10-21(14-27)28(20-6-7-20)24(31)26-12-16-3-4-18-5-8-22(32-2)11-19(18)9-16/h4-5,8-9,11,16-17,20-21,29H,3,6-7,10,12-15H2,1-2H3,(H,25,30)(H,26,31)/t16?,17-,21?/m0/s1. The molecular formula is C24H34N4O4. The van der Waals surface area contributed by atoms with Gasteiger partial charge in [-0.2, -0.15) is 0 Å². The minimum absolute atomic E-state index is 0.0138. The summed E-state index contributed by atoms with van der Waals surface area (Å²) in [7, 11) is 3.27.